The molecule has 0 aliphatic rings. The fourth-order valence-corrected chi connectivity index (χ4v) is 0. The van der Waals surface area contributed by atoms with Gasteiger partial charge in [-0.05, 0) is 0 Å². The van der Waals surface area contributed by atoms with Gasteiger partial charge in [0.1, 0.15) is 0 Å². The summed E-state index contributed by atoms with van der Waals surface area (Å²) in [6.07, 6.45) is 0. The predicted molar refractivity (Wildman–Crippen MR) is 10.6 cm³/mol. The van der Waals surface area contributed by atoms with E-state index in [0.29, 0.717) is 0 Å². The van der Waals surface area contributed by atoms with Crippen molar-refractivity contribution in [3.8, 4) is 0 Å². The number of hydrogen-bond donors (Lipinski definition) is 0. The third-order valence-electron chi connectivity index (χ3n) is 0. The van der Waals surface area contributed by atoms with Gasteiger partial charge in [0, 0.05) is 0 Å². The molecule has 0 bridgehead atoms. The summed E-state index contributed by atoms with van der Waals surface area (Å²) < 4.78 is 17.1. The second-order valence-electron chi connectivity index (χ2n) is 0.0962. The first kappa shape index (κ1) is 9.15. The van der Waals surface area contributed by atoms with Gasteiger partial charge in [0.05, 0.1) is 0 Å². The van der Waals surface area contributed by atoms with E-state index in [2.05, 4.69) is 13.2 Å². The minimum absolute atomic E-state index is 2.39. The van der Waals surface area contributed by atoms with Crippen molar-refractivity contribution >= 4 is 0 Å². The quantitative estimate of drug-likeness (QED) is 0.426. The summed E-state index contributed by atoms with van der Waals surface area (Å²) in [4.78, 5) is 0. The molecule has 0 atom stereocenters. The molecule has 0 saturated heterocycles. The van der Waals surface area contributed by atoms with E-state index in [1.807, 2.05) is 0 Å². The Morgan fingerprint density at radius 2 is 1.80 bits per heavy atom. The molecule has 0 aromatic carbocycles. The second-order valence-corrected chi connectivity index (χ2v) is 0.569. The van der Waals surface area contributed by atoms with Crippen molar-refractivity contribution in [1.29, 1.82) is 0 Å². The van der Waals surface area contributed by atoms with Gasteiger partial charge in [-0.2, -0.15) is 0 Å². The average molecular weight is 148 g/mol. The fraction of sp³-hybridized carbons (Fsp3) is 0. The predicted octanol–water partition coefficient (Wildman–Crippen LogP) is -0.705. The summed E-state index contributed by atoms with van der Waals surface area (Å²) in [5.41, 5.74) is 0. The molecule has 0 N–H and O–H groups in total. The van der Waals surface area contributed by atoms with E-state index in [-0.39, 0.29) is 0 Å². The first-order valence-electron chi connectivity index (χ1n) is 0.880. The molecule has 0 heterocycles. The van der Waals surface area contributed by atoms with E-state index in [1.54, 1.807) is 0 Å². The fourth-order valence-electron chi connectivity index (χ4n) is 0. The van der Waals surface area contributed by atoms with Crippen molar-refractivity contribution in [2.45, 2.75) is 0 Å². The van der Waals surface area contributed by atoms with Crippen LogP contribution in [-0.2, 0) is 31.8 Å². The molecule has 0 saturated carbocycles. The maximum atomic E-state index is 8.56. The van der Waals surface area contributed by atoms with Gasteiger partial charge in [-0.25, -0.2) is 0 Å². The molecular formula is C2H3O2Y-2. The van der Waals surface area contributed by atoms with Crippen LogP contribution < -0.4 is 2.42 Å². The number of hydrogen-bond acceptors (Lipinski definition) is 2. The van der Waals surface area contributed by atoms with Crippen LogP contribution >= 0.6 is 0 Å². The van der Waals surface area contributed by atoms with E-state index in [4.69, 9.17) is 4.47 Å². The Bertz CT molecular complexity index is 21.6. The Kier molecular flexibility index (Phi) is 42.5. The van der Waals surface area contributed by atoms with E-state index in [9.17, 15) is 0 Å². The monoisotopic (exact) mass is 148 g/mol. The first-order chi connectivity index (χ1) is 2.41. The molecule has 28 valence electrons. The molecule has 0 unspecified atom stereocenters. The minimum atomic E-state index is -2.39. The van der Waals surface area contributed by atoms with Gasteiger partial charge in [-0.1, -0.05) is 0 Å². The van der Waals surface area contributed by atoms with Crippen LogP contribution in [0.5, 0.6) is 0 Å². The van der Waals surface area contributed by atoms with Crippen LogP contribution in [0, 0.1) is 6.58 Å². The summed E-state index contributed by atoms with van der Waals surface area (Å²) in [6, 6.07) is 0. The van der Waals surface area contributed by atoms with Crippen molar-refractivity contribution in [3.63, 3.8) is 0 Å². The Morgan fingerprint density at radius 3 is 1.80 bits per heavy atom. The van der Waals surface area contributed by atoms with Gasteiger partial charge in [0.2, 0.25) is 0 Å². The Hall–Kier alpha value is 0.604. The van der Waals surface area contributed by atoms with Gasteiger partial charge in [-0.15, -0.1) is 0 Å². The van der Waals surface area contributed by atoms with Gasteiger partial charge < -0.3 is 6.58 Å². The van der Waals surface area contributed by atoms with Crippen LogP contribution in [0.4, 0.5) is 0 Å². The summed E-state index contributed by atoms with van der Waals surface area (Å²) in [5, 5.41) is 0. The van der Waals surface area contributed by atoms with E-state index < -0.39 is 29.8 Å². The SMILES string of the molecule is [CH-]=C.[O]=[Y][O-]. The summed E-state index contributed by atoms with van der Waals surface area (Å²) in [6.45, 7) is 7.00. The molecule has 0 fully saturated rings. The zero-order chi connectivity index (χ0) is 4.71. The van der Waals surface area contributed by atoms with Gasteiger partial charge >= 0.3 is 34.2 Å². The third-order valence-corrected chi connectivity index (χ3v) is 0. The van der Waals surface area contributed by atoms with Crippen LogP contribution in [0.3, 0.4) is 0 Å². The number of rotatable bonds is 0. The second kappa shape index (κ2) is 23.2. The van der Waals surface area contributed by atoms with Crippen LogP contribution in [0.15, 0.2) is 6.58 Å². The molecule has 0 amide bonds. The Morgan fingerprint density at radius 1 is 1.80 bits per heavy atom. The zero-order valence-corrected chi connectivity index (χ0v) is 5.52. The topological polar surface area (TPSA) is 40.1 Å². The van der Waals surface area contributed by atoms with E-state index in [0.717, 1.165) is 0 Å². The van der Waals surface area contributed by atoms with Crippen molar-refractivity contribution in [1.82, 2.24) is 0 Å². The molecule has 0 radical (unpaired) electrons. The summed E-state index contributed by atoms with van der Waals surface area (Å²) >= 11 is -2.39. The van der Waals surface area contributed by atoms with Crippen molar-refractivity contribution in [3.05, 3.63) is 13.2 Å². The zero-order valence-electron chi connectivity index (χ0n) is 2.68. The Labute approximate surface area is 47.3 Å². The molecule has 0 aromatic heterocycles. The maximum absolute atomic E-state index is 8.56. The average Bonchev–Trinajstić information content (AvgIpc) is 1.46. The van der Waals surface area contributed by atoms with E-state index >= 15 is 0 Å². The normalized spacial score (nSPS) is 2.60. The molecule has 0 rings (SSSR count). The summed E-state index contributed by atoms with van der Waals surface area (Å²) in [5.74, 6) is 0. The van der Waals surface area contributed by atoms with Crippen LogP contribution in [0.25, 0.3) is 0 Å². The van der Waals surface area contributed by atoms with Crippen LogP contribution in [0.2, 0.25) is 0 Å². The molecule has 3 heteroatoms. The van der Waals surface area contributed by atoms with Crippen molar-refractivity contribution in [2.24, 2.45) is 0 Å². The third kappa shape index (κ3) is 85.6. The first-order valence-corrected chi connectivity index (χ1v) is 3.20. The van der Waals surface area contributed by atoms with Crippen molar-refractivity contribution in [2.75, 3.05) is 0 Å². The van der Waals surface area contributed by atoms with Crippen LogP contribution in [-0.4, -0.2) is 0 Å². The molecule has 0 aliphatic carbocycles. The Balaban J connectivity index is 0. The molecule has 5 heavy (non-hydrogen) atoms. The van der Waals surface area contributed by atoms with E-state index in [1.165, 1.54) is 0 Å². The van der Waals surface area contributed by atoms with Crippen LogP contribution in [0.1, 0.15) is 0 Å². The molecule has 0 spiro atoms. The molecule has 0 aromatic rings. The standard InChI is InChI=1S/C2H3.2O.Y/c1-2;;;/h1H,2H2;;;/q-1;;-1;. The van der Waals surface area contributed by atoms with Gasteiger partial charge in [-0.3, -0.25) is 6.58 Å². The molecular weight excluding hydrogens is 145 g/mol. The summed E-state index contributed by atoms with van der Waals surface area (Å²) in [7, 11) is 0. The van der Waals surface area contributed by atoms with Crippen molar-refractivity contribution < 1.29 is 34.2 Å². The molecule has 0 aliphatic heterocycles. The van der Waals surface area contributed by atoms with Gasteiger partial charge in [0.25, 0.3) is 0 Å². The molecule has 2 nitrogen and oxygen atoms in total. The van der Waals surface area contributed by atoms with Gasteiger partial charge in [0.15, 0.2) is 0 Å².